The van der Waals surface area contributed by atoms with Crippen molar-refractivity contribution >= 4 is 26.2 Å². The number of carboxylic acid groups (broad SMARTS) is 1. The van der Waals surface area contributed by atoms with E-state index in [9.17, 15) is 24.0 Å². The van der Waals surface area contributed by atoms with E-state index in [0.717, 1.165) is 0 Å². The fourth-order valence-electron chi connectivity index (χ4n) is 0.310. The van der Waals surface area contributed by atoms with Gasteiger partial charge in [-0.15, -0.1) is 0 Å². The molecule has 0 aliphatic carbocycles. The average Bonchev–Trinajstić information content (AvgIpc) is 2.20. The zero-order valence-electron chi connectivity index (χ0n) is 8.05. The topological polar surface area (TPSA) is 118 Å². The molecule has 0 aromatic carbocycles. The van der Waals surface area contributed by atoms with Crippen LogP contribution >= 0.6 is 0 Å². The van der Waals surface area contributed by atoms with Gasteiger partial charge in [-0.05, 0) is 0 Å². The van der Waals surface area contributed by atoms with E-state index in [1.54, 1.807) is 0 Å². The molecule has 0 heterocycles. The number of carbonyl (C=O) groups excluding carboxylic acids is 4. The zero-order chi connectivity index (χ0) is 13.1. The van der Waals surface area contributed by atoms with Crippen molar-refractivity contribution in [3.8, 4) is 0 Å². The molecular formula is C8H7FeNO6. The first kappa shape index (κ1) is 16.4. The molecule has 7 nitrogen and oxygen atoms in total. The summed E-state index contributed by atoms with van der Waals surface area (Å²) in [6, 6.07) is 0. The second kappa shape index (κ2) is 9.49. The van der Waals surface area contributed by atoms with Crippen molar-refractivity contribution in [2.45, 2.75) is 6.92 Å². The molecule has 0 atom stereocenters. The fraction of sp³-hybridized carbons (Fsp3) is 0.125. The van der Waals surface area contributed by atoms with Gasteiger partial charge in [-0.2, -0.15) is 0 Å². The molecule has 0 aliphatic rings. The second-order valence-corrected chi connectivity index (χ2v) is 3.45. The number of nitrogens with one attached hydrogen (secondary N) is 1. The Balaban J connectivity index is 0. The van der Waals surface area contributed by atoms with Crippen molar-refractivity contribution in [1.29, 1.82) is 0 Å². The predicted molar refractivity (Wildman–Crippen MR) is 47.7 cm³/mol. The van der Waals surface area contributed by atoms with Gasteiger partial charge in [0.15, 0.2) is 0 Å². The van der Waals surface area contributed by atoms with Gasteiger partial charge < -0.3 is 10.4 Å². The Kier molecular flexibility index (Phi) is 9.71. The Hall–Kier alpha value is -2.06. The third-order valence-electron chi connectivity index (χ3n) is 0.802. The van der Waals surface area contributed by atoms with Gasteiger partial charge in [-0.1, -0.05) is 6.58 Å². The van der Waals surface area contributed by atoms with Crippen LogP contribution in [0, 0.1) is 0 Å². The molecule has 0 saturated heterocycles. The van der Waals surface area contributed by atoms with Crippen LogP contribution in [0.2, 0.25) is 0 Å². The molecule has 1 amide bonds. The van der Waals surface area contributed by atoms with Crippen LogP contribution in [-0.4, -0.2) is 31.3 Å². The first-order valence-corrected chi connectivity index (χ1v) is 5.03. The second-order valence-electron chi connectivity index (χ2n) is 1.95. The summed E-state index contributed by atoms with van der Waals surface area (Å²) in [7, 11) is 0. The summed E-state index contributed by atoms with van der Waals surface area (Å²) in [6.07, 6.45) is 0. The van der Waals surface area contributed by atoms with Crippen molar-refractivity contribution in [3.63, 3.8) is 0 Å². The van der Waals surface area contributed by atoms with Gasteiger partial charge in [0.2, 0.25) is 5.91 Å². The third kappa shape index (κ3) is 10.0. The van der Waals surface area contributed by atoms with Crippen molar-refractivity contribution in [2.75, 3.05) is 0 Å². The van der Waals surface area contributed by atoms with E-state index in [2.05, 4.69) is 6.58 Å². The maximum absolute atomic E-state index is 10.1. The Morgan fingerprint density at radius 1 is 1.19 bits per heavy atom. The van der Waals surface area contributed by atoms with Gasteiger partial charge in [-0.3, -0.25) is 4.79 Å². The van der Waals surface area contributed by atoms with Gasteiger partial charge >= 0.3 is 47.3 Å². The summed E-state index contributed by atoms with van der Waals surface area (Å²) in [4.78, 5) is 51.7. The van der Waals surface area contributed by atoms with Crippen LogP contribution in [0.25, 0.3) is 0 Å². The molecule has 0 spiro atoms. The quantitative estimate of drug-likeness (QED) is 0.466. The standard InChI is InChI=1S/C5H7NO3.3CO.Fe/c1-3(5(8)9)6-4(2)7;3*1-2;/h1H2,2H3,(H,6,7)(H,8,9);;;;. The Bertz CT molecular complexity index is 467. The molecular weight excluding hydrogens is 262 g/mol. The third-order valence-corrected chi connectivity index (χ3v) is 1.48. The minimum absolute atomic E-state index is 0.303. The Labute approximate surface area is 92.9 Å². The van der Waals surface area contributed by atoms with Crippen LogP contribution in [0.1, 0.15) is 6.92 Å². The average molecular weight is 269 g/mol. The van der Waals surface area contributed by atoms with Crippen LogP contribution in [-0.2, 0) is 36.6 Å². The number of carbonyl (C=O) groups is 2. The number of hydrogen-bond donors (Lipinski definition) is 2. The predicted octanol–water partition coefficient (Wildman–Crippen LogP) is -1.47. The summed E-state index contributed by atoms with van der Waals surface area (Å²) in [5, 5.41) is 10.1. The molecule has 0 aromatic rings. The summed E-state index contributed by atoms with van der Waals surface area (Å²) >= 11 is -2.12. The Morgan fingerprint density at radius 3 is 1.62 bits per heavy atom. The minimum atomic E-state index is -2.12. The van der Waals surface area contributed by atoms with Crippen LogP contribution in [0.5, 0.6) is 0 Å². The monoisotopic (exact) mass is 269 g/mol. The van der Waals surface area contributed by atoms with Gasteiger partial charge in [0.05, 0.1) is 0 Å². The van der Waals surface area contributed by atoms with Crippen molar-refractivity contribution < 1.29 is 41.7 Å². The van der Waals surface area contributed by atoms with Gasteiger partial charge in [0.25, 0.3) is 0 Å². The van der Waals surface area contributed by atoms with E-state index in [1.165, 1.54) is 21.3 Å². The van der Waals surface area contributed by atoms with E-state index < -0.39 is 24.5 Å². The van der Waals surface area contributed by atoms with Crippen LogP contribution < -0.4 is 5.32 Å². The van der Waals surface area contributed by atoms with Gasteiger partial charge in [0, 0.05) is 6.92 Å². The molecule has 0 radical (unpaired) electrons. The molecule has 16 heavy (non-hydrogen) atoms. The van der Waals surface area contributed by atoms with Gasteiger partial charge in [0.1, 0.15) is 5.70 Å². The van der Waals surface area contributed by atoms with Crippen LogP contribution in [0.15, 0.2) is 12.3 Å². The molecule has 0 unspecified atom stereocenters. The summed E-state index contributed by atoms with van der Waals surface area (Å²) in [6.45, 7) is 4.28. The number of amides is 1. The SMILES string of the molecule is C=C(NC(C)=O)C(=O)O.O=[C]=[Fe](=[C]=O)=[C]=O. The van der Waals surface area contributed by atoms with Crippen LogP contribution in [0.3, 0.4) is 0 Å². The summed E-state index contributed by atoms with van der Waals surface area (Å²) < 4.78 is 0. The molecule has 0 rings (SSSR count). The molecule has 88 valence electrons. The van der Waals surface area contributed by atoms with E-state index in [4.69, 9.17) is 5.11 Å². The van der Waals surface area contributed by atoms with Crippen LogP contribution in [0.4, 0.5) is 0 Å². The zero-order valence-corrected chi connectivity index (χ0v) is 9.15. The first-order valence-electron chi connectivity index (χ1n) is 3.38. The van der Waals surface area contributed by atoms with Crippen molar-refractivity contribution in [1.82, 2.24) is 5.32 Å². The van der Waals surface area contributed by atoms with E-state index in [1.807, 2.05) is 5.32 Å². The van der Waals surface area contributed by atoms with E-state index in [0.29, 0.717) is 0 Å². The molecule has 0 bridgehead atoms. The molecule has 0 aliphatic heterocycles. The molecule has 0 saturated carbocycles. The number of rotatable bonds is 2. The summed E-state index contributed by atoms with van der Waals surface area (Å²) in [5.74, 6) is -1.65. The van der Waals surface area contributed by atoms with Crippen molar-refractivity contribution in [2.24, 2.45) is 0 Å². The molecule has 0 aromatic heterocycles. The molecule has 2 N–H and O–H groups in total. The Morgan fingerprint density at radius 2 is 1.56 bits per heavy atom. The van der Waals surface area contributed by atoms with Crippen molar-refractivity contribution in [3.05, 3.63) is 12.3 Å². The maximum atomic E-state index is 10.1. The van der Waals surface area contributed by atoms with E-state index in [-0.39, 0.29) is 5.70 Å². The van der Waals surface area contributed by atoms with E-state index >= 15 is 0 Å². The molecule has 8 heteroatoms. The molecule has 0 fully saturated rings. The normalized spacial score (nSPS) is 7.38. The fourth-order valence-corrected chi connectivity index (χ4v) is 0.448. The number of carboxylic acids is 1. The number of aliphatic carboxylic acids is 1. The van der Waals surface area contributed by atoms with Gasteiger partial charge in [-0.25, -0.2) is 4.79 Å². The first-order chi connectivity index (χ1) is 7.38. The number of hydrogen-bond acceptors (Lipinski definition) is 5. The summed E-state index contributed by atoms with van der Waals surface area (Å²) in [5.41, 5.74) is -0.303.